The van der Waals surface area contributed by atoms with Gasteiger partial charge in [0.15, 0.2) is 5.82 Å². The van der Waals surface area contributed by atoms with Crippen LogP contribution in [0.25, 0.3) is 0 Å². The molecule has 4 aromatic carbocycles. The number of ether oxygens (including phenoxy) is 4. The van der Waals surface area contributed by atoms with E-state index in [0.29, 0.717) is 26.2 Å². The van der Waals surface area contributed by atoms with E-state index in [1.165, 1.54) is 0 Å². The Morgan fingerprint density at radius 1 is 0.489 bits per heavy atom. The fourth-order valence-corrected chi connectivity index (χ4v) is 5.45. The van der Waals surface area contributed by atoms with Crippen molar-refractivity contribution in [1.29, 1.82) is 0 Å². The van der Waals surface area contributed by atoms with E-state index in [9.17, 15) is 0 Å². The molecule has 0 aliphatic carbocycles. The summed E-state index contributed by atoms with van der Waals surface area (Å²) in [5.41, 5.74) is 5.63. The molecule has 0 saturated heterocycles. The zero-order chi connectivity index (χ0) is 31.6. The summed E-state index contributed by atoms with van der Waals surface area (Å²) in [6.45, 7) is 2.63. The first-order valence-corrected chi connectivity index (χ1v) is 15.4. The summed E-state index contributed by atoms with van der Waals surface area (Å²) in [6.07, 6.45) is 1.87. The van der Waals surface area contributed by atoms with E-state index >= 15 is 0 Å². The van der Waals surface area contributed by atoms with E-state index in [2.05, 4.69) is 80.3 Å². The Hall–Kier alpha value is -4.69. The highest BCUT2D eigenvalue weighted by Crippen LogP contribution is 2.35. The third-order valence-corrected chi connectivity index (χ3v) is 8.02. The highest BCUT2D eigenvalue weighted by Gasteiger charge is 2.21. The van der Waals surface area contributed by atoms with Crippen LogP contribution in [0.5, 0.6) is 23.0 Å². The number of rotatable bonds is 14. The molecule has 0 bridgehead atoms. The third kappa shape index (κ3) is 8.48. The summed E-state index contributed by atoms with van der Waals surface area (Å²) in [6, 6.07) is 35.0. The van der Waals surface area contributed by atoms with Crippen LogP contribution in [-0.4, -0.2) is 33.4 Å². The van der Waals surface area contributed by atoms with Gasteiger partial charge in [-0.2, -0.15) is 0 Å². The van der Waals surface area contributed by atoms with Gasteiger partial charge in [0.1, 0.15) is 23.0 Å². The van der Waals surface area contributed by atoms with Crippen molar-refractivity contribution in [2.45, 2.75) is 26.2 Å². The molecule has 0 aliphatic rings. The average Bonchev–Trinajstić information content (AvgIpc) is 3.09. The number of hydrogen-bond donors (Lipinski definition) is 0. The van der Waals surface area contributed by atoms with Crippen LogP contribution in [0.4, 0.5) is 11.5 Å². The predicted octanol–water partition coefficient (Wildman–Crippen LogP) is 8.29. The van der Waals surface area contributed by atoms with E-state index < -0.39 is 0 Å². The van der Waals surface area contributed by atoms with Crippen LogP contribution in [0.15, 0.2) is 114 Å². The maximum atomic E-state index is 5.42. The predicted molar refractivity (Wildman–Crippen MR) is 184 cm³/mol. The van der Waals surface area contributed by atoms with Crippen LogP contribution in [0.1, 0.15) is 22.3 Å². The number of methoxy groups -OCH3 is 4. The minimum atomic E-state index is 0.649. The quantitative estimate of drug-likeness (QED) is 0.118. The minimum absolute atomic E-state index is 0.649. The number of pyridine rings is 1. The van der Waals surface area contributed by atoms with Crippen LogP contribution < -0.4 is 28.7 Å². The van der Waals surface area contributed by atoms with Crippen LogP contribution in [0.3, 0.4) is 0 Å². The molecule has 0 amide bonds. The van der Waals surface area contributed by atoms with Gasteiger partial charge in [-0.1, -0.05) is 48.5 Å². The lowest BCUT2D eigenvalue weighted by Crippen LogP contribution is -2.29. The maximum Gasteiger partial charge on any atom is 0.152 e. The molecule has 232 valence electrons. The van der Waals surface area contributed by atoms with Crippen molar-refractivity contribution in [3.63, 3.8) is 0 Å². The highest BCUT2D eigenvalue weighted by atomic mass is 79.9. The van der Waals surface area contributed by atoms with Gasteiger partial charge in [0.05, 0.1) is 34.1 Å². The molecule has 0 spiro atoms. The molecule has 0 N–H and O–H groups in total. The van der Waals surface area contributed by atoms with E-state index in [1.807, 2.05) is 54.7 Å². The lowest BCUT2D eigenvalue weighted by Gasteiger charge is -2.32. The van der Waals surface area contributed by atoms with E-state index in [0.717, 1.165) is 61.2 Å². The van der Waals surface area contributed by atoms with Gasteiger partial charge in [0, 0.05) is 36.8 Å². The van der Waals surface area contributed by atoms with Crippen molar-refractivity contribution in [3.8, 4) is 23.0 Å². The summed E-state index contributed by atoms with van der Waals surface area (Å²) in [5.74, 6) is 4.19. The van der Waals surface area contributed by atoms with Gasteiger partial charge < -0.3 is 28.7 Å². The molecule has 45 heavy (non-hydrogen) atoms. The standard InChI is InChI=1S/C37H38BrN3O4/c1-42-32-13-5-27(6-14-32)23-40(24-28-7-15-33(43-2)16-8-28)36-21-31(38)22-39-37(36)41(25-29-9-17-34(44-3)18-10-29)26-30-11-19-35(45-4)20-12-30/h5-22H,23-26H2,1-4H3. The highest BCUT2D eigenvalue weighted by molar-refractivity contribution is 9.10. The number of benzene rings is 4. The summed E-state index contributed by atoms with van der Waals surface area (Å²) >= 11 is 3.72. The maximum absolute atomic E-state index is 5.42. The lowest BCUT2D eigenvalue weighted by atomic mass is 10.1. The van der Waals surface area contributed by atoms with Crippen molar-refractivity contribution < 1.29 is 18.9 Å². The molecule has 1 heterocycles. The Balaban J connectivity index is 1.57. The van der Waals surface area contributed by atoms with E-state index in [-0.39, 0.29) is 0 Å². The average molecular weight is 669 g/mol. The second kappa shape index (κ2) is 15.3. The van der Waals surface area contributed by atoms with Gasteiger partial charge in [-0.15, -0.1) is 0 Å². The Morgan fingerprint density at radius 3 is 1.11 bits per heavy atom. The molecular formula is C37H38BrN3O4. The van der Waals surface area contributed by atoms with Gasteiger partial charge in [-0.3, -0.25) is 0 Å². The van der Waals surface area contributed by atoms with Crippen LogP contribution in [-0.2, 0) is 26.2 Å². The van der Waals surface area contributed by atoms with E-state index in [1.54, 1.807) is 28.4 Å². The lowest BCUT2D eigenvalue weighted by molar-refractivity contribution is 0.414. The zero-order valence-corrected chi connectivity index (χ0v) is 27.7. The van der Waals surface area contributed by atoms with Gasteiger partial charge in [-0.05, 0) is 92.8 Å². The van der Waals surface area contributed by atoms with Crippen molar-refractivity contribution in [2.24, 2.45) is 0 Å². The monoisotopic (exact) mass is 667 g/mol. The second-order valence-electron chi connectivity index (χ2n) is 10.6. The summed E-state index contributed by atoms with van der Waals surface area (Å²) in [5, 5.41) is 0. The third-order valence-electron chi connectivity index (χ3n) is 7.58. The molecule has 1 aromatic heterocycles. The largest absolute Gasteiger partial charge is 0.497 e. The molecule has 0 unspecified atom stereocenters. The second-order valence-corrected chi connectivity index (χ2v) is 11.5. The summed E-state index contributed by atoms with van der Waals surface area (Å²) < 4.78 is 22.6. The molecule has 8 heteroatoms. The van der Waals surface area contributed by atoms with Crippen LogP contribution >= 0.6 is 15.9 Å². The minimum Gasteiger partial charge on any atom is -0.497 e. The number of hydrogen-bond acceptors (Lipinski definition) is 7. The summed E-state index contributed by atoms with van der Waals surface area (Å²) in [4.78, 5) is 9.73. The molecule has 5 rings (SSSR count). The first-order chi connectivity index (χ1) is 22.0. The number of anilines is 2. The molecule has 0 aliphatic heterocycles. The first-order valence-electron chi connectivity index (χ1n) is 14.6. The molecule has 0 fully saturated rings. The molecule has 0 saturated carbocycles. The fraction of sp³-hybridized carbons (Fsp3) is 0.216. The van der Waals surface area contributed by atoms with Crippen molar-refractivity contribution in [2.75, 3.05) is 38.2 Å². The zero-order valence-electron chi connectivity index (χ0n) is 26.1. The van der Waals surface area contributed by atoms with Gasteiger partial charge >= 0.3 is 0 Å². The fourth-order valence-electron chi connectivity index (χ4n) is 5.13. The van der Waals surface area contributed by atoms with Crippen molar-refractivity contribution in [1.82, 2.24) is 4.98 Å². The Bertz CT molecular complexity index is 1550. The van der Waals surface area contributed by atoms with Crippen molar-refractivity contribution in [3.05, 3.63) is 136 Å². The smallest absolute Gasteiger partial charge is 0.152 e. The Kier molecular flexibility index (Phi) is 10.8. The van der Waals surface area contributed by atoms with Crippen molar-refractivity contribution >= 4 is 27.4 Å². The SMILES string of the molecule is COc1ccc(CN(Cc2ccc(OC)cc2)c2cc(Br)cnc2N(Cc2ccc(OC)cc2)Cc2ccc(OC)cc2)cc1. The topological polar surface area (TPSA) is 56.3 Å². The molecule has 5 aromatic rings. The normalized spacial score (nSPS) is 10.7. The summed E-state index contributed by atoms with van der Waals surface area (Å²) in [7, 11) is 6.74. The molecule has 0 atom stereocenters. The van der Waals surface area contributed by atoms with Gasteiger partial charge in [0.2, 0.25) is 0 Å². The van der Waals surface area contributed by atoms with Gasteiger partial charge in [-0.25, -0.2) is 4.98 Å². The van der Waals surface area contributed by atoms with Crippen LogP contribution in [0, 0.1) is 0 Å². The first kappa shape index (κ1) is 31.7. The number of aromatic nitrogens is 1. The molecule has 7 nitrogen and oxygen atoms in total. The molecular weight excluding hydrogens is 630 g/mol. The Labute approximate surface area is 274 Å². The van der Waals surface area contributed by atoms with Crippen LogP contribution in [0.2, 0.25) is 0 Å². The number of nitrogens with zero attached hydrogens (tertiary/aromatic N) is 3. The van der Waals surface area contributed by atoms with Gasteiger partial charge in [0.25, 0.3) is 0 Å². The van der Waals surface area contributed by atoms with E-state index in [4.69, 9.17) is 23.9 Å². The Morgan fingerprint density at radius 2 is 0.800 bits per heavy atom. The number of halogens is 1. The molecule has 0 radical (unpaired) electrons.